The molecule has 2 aliphatic rings. The minimum Gasteiger partial charge on any atom is -0.480 e. The van der Waals surface area contributed by atoms with Crippen LogP contribution in [0, 0.1) is 0 Å². The largest absolute Gasteiger partial charge is 0.480 e. The van der Waals surface area contributed by atoms with E-state index < -0.39 is 59.7 Å². The van der Waals surface area contributed by atoms with Crippen LogP contribution >= 0.6 is 11.6 Å². The number of rotatable bonds is 9. The third-order valence-electron chi connectivity index (χ3n) is 10.2. The highest BCUT2D eigenvalue weighted by Crippen LogP contribution is 2.23. The first-order valence-corrected chi connectivity index (χ1v) is 20.1. The third kappa shape index (κ3) is 12.6. The molecule has 0 saturated heterocycles. The van der Waals surface area contributed by atoms with Crippen molar-refractivity contribution in [2.24, 2.45) is 0 Å². The zero-order valence-electron chi connectivity index (χ0n) is 32.7. The van der Waals surface area contributed by atoms with E-state index >= 15 is 0 Å². The van der Waals surface area contributed by atoms with Gasteiger partial charge in [-0.25, -0.2) is 4.79 Å². The number of fused-ring (bicyclic) bond motifs is 18. The summed E-state index contributed by atoms with van der Waals surface area (Å²) in [6.45, 7) is 0. The van der Waals surface area contributed by atoms with Crippen LogP contribution in [0.1, 0.15) is 41.5 Å². The van der Waals surface area contributed by atoms with Crippen LogP contribution in [0.2, 0.25) is 5.02 Å². The number of carbonyl (C=O) groups is 6. The van der Waals surface area contributed by atoms with E-state index in [0.717, 1.165) is 16.7 Å². The van der Waals surface area contributed by atoms with Crippen LogP contribution < -0.4 is 26.6 Å². The van der Waals surface area contributed by atoms with Crippen LogP contribution in [0.4, 0.5) is 5.69 Å². The normalized spacial score (nSPS) is 19.4. The predicted molar refractivity (Wildman–Crippen MR) is 229 cm³/mol. The van der Waals surface area contributed by atoms with E-state index in [2.05, 4.69) is 26.6 Å². The maximum atomic E-state index is 14.5. The van der Waals surface area contributed by atoms with Gasteiger partial charge in [-0.1, -0.05) is 121 Å². The van der Waals surface area contributed by atoms with Gasteiger partial charge in [0.05, 0.1) is 0 Å². The molecular weight excluding hydrogens is 782 g/mol. The van der Waals surface area contributed by atoms with Crippen LogP contribution in [0.5, 0.6) is 0 Å². The molecule has 0 unspecified atom stereocenters. The molecule has 6 N–H and O–H groups in total. The van der Waals surface area contributed by atoms with Gasteiger partial charge in [-0.15, -0.1) is 0 Å². The number of hydrogen-bond donors (Lipinski definition) is 6. The Labute approximate surface area is 353 Å². The van der Waals surface area contributed by atoms with Gasteiger partial charge in [0.25, 0.3) is 0 Å². The van der Waals surface area contributed by atoms with E-state index in [-0.39, 0.29) is 38.5 Å². The van der Waals surface area contributed by atoms with Crippen LogP contribution in [0.3, 0.4) is 0 Å². The van der Waals surface area contributed by atoms with Gasteiger partial charge in [-0.3, -0.25) is 24.0 Å². The molecule has 5 aromatic carbocycles. The Balaban J connectivity index is 1.34. The highest BCUT2D eigenvalue weighted by molar-refractivity contribution is 6.30. The zero-order chi connectivity index (χ0) is 42.4. The average Bonchev–Trinajstić information content (AvgIpc) is 3.25. The summed E-state index contributed by atoms with van der Waals surface area (Å²) in [5.74, 6) is -4.32. The molecule has 0 saturated carbocycles. The van der Waals surface area contributed by atoms with Crippen molar-refractivity contribution in [2.45, 2.75) is 69.1 Å². The summed E-state index contributed by atoms with van der Waals surface area (Å²) in [6.07, 6.45) is 0.154. The predicted octanol–water partition coefficient (Wildman–Crippen LogP) is 5.42. The van der Waals surface area contributed by atoms with Gasteiger partial charge in [-0.05, 0) is 70.5 Å². The van der Waals surface area contributed by atoms with Gasteiger partial charge in [0.1, 0.15) is 24.2 Å². The topological polar surface area (TPSA) is 183 Å². The van der Waals surface area contributed by atoms with Gasteiger partial charge >= 0.3 is 5.97 Å². The Morgan fingerprint density at radius 1 is 0.550 bits per heavy atom. The molecule has 5 aromatic rings. The van der Waals surface area contributed by atoms with Crippen molar-refractivity contribution in [1.82, 2.24) is 21.3 Å². The number of carboxylic acid groups (broad SMARTS) is 1. The lowest BCUT2D eigenvalue weighted by Gasteiger charge is -2.26. The molecule has 60 heavy (non-hydrogen) atoms. The fourth-order valence-corrected chi connectivity index (χ4v) is 7.02. The van der Waals surface area contributed by atoms with E-state index in [4.69, 9.17) is 11.6 Å². The molecule has 4 atom stereocenters. The number of aliphatic carboxylic acids is 1. The molecule has 7 rings (SSSR count). The number of anilines is 1. The number of carbonyl (C=O) groups excluding carboxylic acids is 5. The van der Waals surface area contributed by atoms with Crippen LogP contribution in [0.15, 0.2) is 133 Å². The van der Waals surface area contributed by atoms with Crippen molar-refractivity contribution < 1.29 is 33.9 Å². The molecule has 5 amide bonds. The molecule has 308 valence electrons. The number of carboxylic acids is 1. The average molecular weight is 828 g/mol. The lowest BCUT2D eigenvalue weighted by molar-refractivity contribution is -0.142. The fraction of sp³-hybridized carbons (Fsp3) is 0.234. The first-order valence-electron chi connectivity index (χ1n) is 19.7. The molecular formula is C47H46ClN5O7. The summed E-state index contributed by atoms with van der Waals surface area (Å²) in [4.78, 5) is 81.4. The molecule has 2 heterocycles. The van der Waals surface area contributed by atoms with Crippen LogP contribution in [-0.4, -0.2) is 64.8 Å². The Morgan fingerprint density at radius 2 is 1.05 bits per heavy atom. The quantitative estimate of drug-likeness (QED) is 0.107. The van der Waals surface area contributed by atoms with Crippen molar-refractivity contribution in [3.05, 3.63) is 161 Å². The van der Waals surface area contributed by atoms with Gasteiger partial charge in [0.2, 0.25) is 29.5 Å². The van der Waals surface area contributed by atoms with Crippen LogP contribution in [-0.2, 0) is 54.5 Å². The molecule has 13 heteroatoms. The zero-order valence-corrected chi connectivity index (χ0v) is 33.5. The second-order valence-corrected chi connectivity index (χ2v) is 15.1. The standard InChI is InChI=1S/C47H46ClN5O7/c48-36-20-18-35(19-21-36)34-16-11-32(12-17-34)28-40-45(57)52-39(27-31-9-5-2-6-10-31)46(58)53-41(47(59)60)29-33-13-22-37(23-14-33)49-42(54)25-26-43(55)50-38(44(56)51-40)24-15-30-7-3-1-4-8-30/h1-14,16-23,38-41H,15,24-29H2,(H,49,54)(H,50,55)(H,51,56)(H,52,57)(H,53,58)(H,59,60)/t38-,39-,40+,41+/m1/s1. The number of aryl methyl sites for hydroxylation is 1. The molecule has 0 radical (unpaired) electrons. The van der Waals surface area contributed by atoms with Gasteiger partial charge in [0.15, 0.2) is 0 Å². The highest BCUT2D eigenvalue weighted by Gasteiger charge is 2.32. The maximum absolute atomic E-state index is 14.5. The second kappa shape index (κ2) is 20.8. The van der Waals surface area contributed by atoms with Crippen molar-refractivity contribution in [2.75, 3.05) is 5.32 Å². The van der Waals surface area contributed by atoms with E-state index in [1.54, 1.807) is 60.7 Å². The van der Waals surface area contributed by atoms with Crippen molar-refractivity contribution >= 4 is 52.8 Å². The minimum absolute atomic E-state index is 0.00520. The number of nitrogens with one attached hydrogen (secondary N) is 5. The van der Waals surface area contributed by atoms with E-state index in [1.165, 1.54) is 0 Å². The van der Waals surface area contributed by atoms with Gasteiger partial charge < -0.3 is 31.7 Å². The number of benzene rings is 5. The Bertz CT molecular complexity index is 2270. The number of hydrogen-bond acceptors (Lipinski definition) is 6. The maximum Gasteiger partial charge on any atom is 0.326 e. The van der Waals surface area contributed by atoms with Crippen LogP contribution in [0.25, 0.3) is 11.1 Å². The smallest absolute Gasteiger partial charge is 0.326 e. The number of halogens is 1. The van der Waals surface area contributed by atoms with E-state index in [9.17, 15) is 33.9 Å². The highest BCUT2D eigenvalue weighted by atomic mass is 35.5. The minimum atomic E-state index is -1.36. The van der Waals surface area contributed by atoms with Crippen molar-refractivity contribution in [1.29, 1.82) is 0 Å². The molecule has 2 bridgehead atoms. The van der Waals surface area contributed by atoms with Gasteiger partial charge in [-0.2, -0.15) is 0 Å². The summed E-state index contributed by atoms with van der Waals surface area (Å²) in [5, 5.41) is 24.6. The van der Waals surface area contributed by atoms with E-state index in [1.807, 2.05) is 72.8 Å². The summed E-state index contributed by atoms with van der Waals surface area (Å²) in [6, 6.07) is 34.7. The monoisotopic (exact) mass is 827 g/mol. The van der Waals surface area contributed by atoms with E-state index in [0.29, 0.717) is 33.8 Å². The van der Waals surface area contributed by atoms with Crippen molar-refractivity contribution in [3.8, 4) is 11.1 Å². The molecule has 2 aliphatic heterocycles. The lowest BCUT2D eigenvalue weighted by Crippen LogP contribution is -2.59. The second-order valence-electron chi connectivity index (χ2n) is 14.7. The molecule has 0 aliphatic carbocycles. The SMILES string of the molecule is O=C1CCC(=O)N[C@H](CCc2ccccc2)C(=O)N[C@@H](Cc2ccc(-c3ccc(Cl)cc3)cc2)C(=O)N[C@H](Cc2ccccc2)C(=O)N[C@H](C(=O)O)Cc2ccc(cc2)N1. The van der Waals surface area contributed by atoms with Gasteiger partial charge in [0, 0.05) is 42.8 Å². The summed E-state index contributed by atoms with van der Waals surface area (Å²) < 4.78 is 0. The molecule has 12 nitrogen and oxygen atoms in total. The molecule has 0 spiro atoms. The first kappa shape index (κ1) is 42.8. The molecule has 0 aromatic heterocycles. The van der Waals surface area contributed by atoms with Crippen molar-refractivity contribution in [3.63, 3.8) is 0 Å². The lowest BCUT2D eigenvalue weighted by atomic mass is 9.98. The molecule has 0 fully saturated rings. The Hall–Kier alpha value is -6.79. The Kier molecular flexibility index (Phi) is 14.8. The fourth-order valence-electron chi connectivity index (χ4n) is 6.90. The third-order valence-corrected chi connectivity index (χ3v) is 10.5. The Morgan fingerprint density at radius 3 is 1.63 bits per heavy atom. The summed E-state index contributed by atoms with van der Waals surface area (Å²) in [5.41, 5.74) is 5.15. The summed E-state index contributed by atoms with van der Waals surface area (Å²) in [7, 11) is 0. The number of amides is 5. The summed E-state index contributed by atoms with van der Waals surface area (Å²) >= 11 is 6.09. The first-order chi connectivity index (χ1) is 29.0.